The molecule has 1 atom stereocenters. The highest BCUT2D eigenvalue weighted by atomic mass is 32.2. The molecule has 0 radical (unpaired) electrons. The highest BCUT2D eigenvalue weighted by Crippen LogP contribution is 2.34. The second-order valence-electron chi connectivity index (χ2n) is 5.45. The molecule has 0 aromatic heterocycles. The molecule has 21 heavy (non-hydrogen) atoms. The minimum atomic E-state index is 0.266. The lowest BCUT2D eigenvalue weighted by Crippen LogP contribution is -2.37. The number of fused-ring (bicyclic) bond motifs is 1. The molecule has 1 heterocycles. The topological polar surface area (TPSA) is 29.3 Å². The summed E-state index contributed by atoms with van der Waals surface area (Å²) in [4.78, 5) is 3.78. The summed E-state index contributed by atoms with van der Waals surface area (Å²) in [6.07, 6.45) is 4.49. The minimum Gasteiger partial charge on any atom is -0.363 e. The van der Waals surface area contributed by atoms with E-state index in [9.17, 15) is 0 Å². The fraction of sp³-hybridized carbons (Fsp3) is 0.333. The number of rotatable bonds is 4. The molecule has 0 fully saturated rings. The molecule has 1 unspecified atom stereocenters. The van der Waals surface area contributed by atoms with Crippen LogP contribution >= 0.6 is 11.8 Å². The lowest BCUT2D eigenvalue weighted by Gasteiger charge is -2.37. The fourth-order valence-corrected chi connectivity index (χ4v) is 3.56. The van der Waals surface area contributed by atoms with Gasteiger partial charge in [-0.05, 0) is 48.4 Å². The first kappa shape index (κ1) is 14.5. The Bertz CT molecular complexity index is 594. The van der Waals surface area contributed by atoms with Crippen molar-refractivity contribution in [2.75, 3.05) is 24.2 Å². The maximum atomic E-state index is 6.12. The Labute approximate surface area is 131 Å². The first-order chi connectivity index (χ1) is 10.3. The van der Waals surface area contributed by atoms with Crippen LogP contribution in [-0.2, 0) is 6.42 Å². The van der Waals surface area contributed by atoms with Crippen molar-refractivity contribution < 1.29 is 0 Å². The average molecular weight is 298 g/mol. The number of para-hydroxylation sites is 1. The van der Waals surface area contributed by atoms with Gasteiger partial charge in [-0.1, -0.05) is 30.3 Å². The highest BCUT2D eigenvalue weighted by molar-refractivity contribution is 7.98. The largest absolute Gasteiger partial charge is 0.363 e. The number of nitrogens with two attached hydrogens (primary N) is 1. The molecule has 0 spiro atoms. The van der Waals surface area contributed by atoms with E-state index in [-0.39, 0.29) is 6.04 Å². The van der Waals surface area contributed by atoms with Crippen LogP contribution < -0.4 is 10.6 Å². The number of hydrogen-bond donors (Lipinski definition) is 1. The van der Waals surface area contributed by atoms with Gasteiger partial charge in [0.1, 0.15) is 0 Å². The molecule has 0 aliphatic carbocycles. The van der Waals surface area contributed by atoms with Crippen LogP contribution in [0.1, 0.15) is 23.6 Å². The van der Waals surface area contributed by atoms with Gasteiger partial charge >= 0.3 is 0 Å². The summed E-state index contributed by atoms with van der Waals surface area (Å²) >= 11 is 1.78. The van der Waals surface area contributed by atoms with E-state index in [2.05, 4.69) is 59.7 Å². The summed E-state index contributed by atoms with van der Waals surface area (Å²) in [5.74, 6) is 0. The molecule has 2 nitrogen and oxygen atoms in total. The molecule has 0 amide bonds. The van der Waals surface area contributed by atoms with E-state index in [1.807, 2.05) is 0 Å². The van der Waals surface area contributed by atoms with Crippen LogP contribution in [0.5, 0.6) is 0 Å². The predicted octanol–water partition coefficient (Wildman–Crippen LogP) is 3.86. The van der Waals surface area contributed by atoms with Crippen molar-refractivity contribution in [3.63, 3.8) is 0 Å². The number of thioether (sulfide) groups is 1. The molecule has 110 valence electrons. The van der Waals surface area contributed by atoms with E-state index in [1.165, 1.54) is 34.6 Å². The lowest BCUT2D eigenvalue weighted by molar-refractivity contribution is 0.587. The minimum absolute atomic E-state index is 0.266. The number of nitrogens with zero attached hydrogens (tertiary/aromatic N) is 1. The van der Waals surface area contributed by atoms with Gasteiger partial charge < -0.3 is 10.6 Å². The quantitative estimate of drug-likeness (QED) is 0.869. The zero-order valence-corrected chi connectivity index (χ0v) is 13.3. The molecular weight excluding hydrogens is 276 g/mol. The lowest BCUT2D eigenvalue weighted by atomic mass is 9.97. The van der Waals surface area contributed by atoms with Crippen molar-refractivity contribution in [3.8, 4) is 0 Å². The maximum absolute atomic E-state index is 6.12. The van der Waals surface area contributed by atoms with Gasteiger partial charge in [-0.25, -0.2) is 0 Å². The number of anilines is 1. The highest BCUT2D eigenvalue weighted by Gasteiger charge is 2.24. The van der Waals surface area contributed by atoms with E-state index in [4.69, 9.17) is 5.73 Å². The van der Waals surface area contributed by atoms with Crippen molar-refractivity contribution in [2.24, 2.45) is 5.73 Å². The van der Waals surface area contributed by atoms with Gasteiger partial charge in [0.15, 0.2) is 0 Å². The van der Waals surface area contributed by atoms with Crippen LogP contribution in [0.4, 0.5) is 5.69 Å². The first-order valence-electron chi connectivity index (χ1n) is 7.52. The molecule has 2 N–H and O–H groups in total. The van der Waals surface area contributed by atoms with E-state index in [0.29, 0.717) is 6.54 Å². The van der Waals surface area contributed by atoms with Crippen molar-refractivity contribution in [2.45, 2.75) is 23.8 Å². The second-order valence-corrected chi connectivity index (χ2v) is 6.33. The van der Waals surface area contributed by atoms with Gasteiger partial charge in [0, 0.05) is 23.7 Å². The number of hydrogen-bond acceptors (Lipinski definition) is 3. The summed E-state index contributed by atoms with van der Waals surface area (Å²) in [5.41, 5.74) is 10.2. The zero-order chi connectivity index (χ0) is 14.7. The number of benzene rings is 2. The number of aryl methyl sites for hydroxylation is 1. The maximum Gasteiger partial charge on any atom is 0.0664 e. The summed E-state index contributed by atoms with van der Waals surface area (Å²) < 4.78 is 0. The Balaban J connectivity index is 1.93. The summed E-state index contributed by atoms with van der Waals surface area (Å²) in [6, 6.07) is 17.8. The Morgan fingerprint density at radius 1 is 1.14 bits per heavy atom. The third-order valence-corrected chi connectivity index (χ3v) is 4.99. The predicted molar refractivity (Wildman–Crippen MR) is 92.1 cm³/mol. The van der Waals surface area contributed by atoms with Crippen LogP contribution in [0, 0.1) is 0 Å². The molecule has 2 aromatic carbocycles. The van der Waals surface area contributed by atoms with Crippen LogP contribution in [0.25, 0.3) is 0 Å². The standard InChI is InChI=1S/C18H22N2S/c1-21-16-10-8-15(9-11-16)18(13-19)20-12-4-6-14-5-2-3-7-17(14)20/h2-3,5,7-11,18H,4,6,12-13,19H2,1H3. The Morgan fingerprint density at radius 2 is 1.90 bits per heavy atom. The van der Waals surface area contributed by atoms with Crippen molar-refractivity contribution >= 4 is 17.4 Å². The molecule has 0 bridgehead atoms. The summed E-state index contributed by atoms with van der Waals surface area (Å²) in [5, 5.41) is 0. The van der Waals surface area contributed by atoms with Gasteiger partial charge in [0.25, 0.3) is 0 Å². The average Bonchev–Trinajstić information content (AvgIpc) is 2.56. The molecule has 3 heteroatoms. The third kappa shape index (κ3) is 2.94. The Kier molecular flexibility index (Phi) is 4.51. The van der Waals surface area contributed by atoms with Crippen molar-refractivity contribution in [3.05, 3.63) is 59.7 Å². The molecule has 3 rings (SSSR count). The van der Waals surface area contributed by atoms with Crippen LogP contribution in [0.2, 0.25) is 0 Å². The molecular formula is C18H22N2S. The van der Waals surface area contributed by atoms with Crippen molar-refractivity contribution in [1.29, 1.82) is 0 Å². The van der Waals surface area contributed by atoms with Gasteiger partial charge in [0.2, 0.25) is 0 Å². The van der Waals surface area contributed by atoms with Gasteiger partial charge in [-0.3, -0.25) is 0 Å². The smallest absolute Gasteiger partial charge is 0.0664 e. The molecule has 2 aromatic rings. The zero-order valence-electron chi connectivity index (χ0n) is 12.5. The van der Waals surface area contributed by atoms with Crippen LogP contribution in [0.3, 0.4) is 0 Å². The normalized spacial score (nSPS) is 15.6. The Hall–Kier alpha value is -1.45. The molecule has 1 aliphatic rings. The molecule has 1 aliphatic heterocycles. The summed E-state index contributed by atoms with van der Waals surface area (Å²) in [6.45, 7) is 1.73. The van der Waals surface area contributed by atoms with Gasteiger partial charge in [-0.2, -0.15) is 0 Å². The van der Waals surface area contributed by atoms with E-state index in [0.717, 1.165) is 6.54 Å². The van der Waals surface area contributed by atoms with E-state index < -0.39 is 0 Å². The van der Waals surface area contributed by atoms with Crippen molar-refractivity contribution in [1.82, 2.24) is 0 Å². The summed E-state index contributed by atoms with van der Waals surface area (Å²) in [7, 11) is 0. The van der Waals surface area contributed by atoms with Crippen LogP contribution in [-0.4, -0.2) is 19.3 Å². The second kappa shape index (κ2) is 6.54. The monoisotopic (exact) mass is 298 g/mol. The Morgan fingerprint density at radius 3 is 2.62 bits per heavy atom. The van der Waals surface area contributed by atoms with Gasteiger partial charge in [0.05, 0.1) is 6.04 Å². The fourth-order valence-electron chi connectivity index (χ4n) is 3.16. The molecule has 0 saturated carbocycles. The third-order valence-electron chi connectivity index (χ3n) is 4.25. The van der Waals surface area contributed by atoms with E-state index in [1.54, 1.807) is 11.8 Å². The first-order valence-corrected chi connectivity index (χ1v) is 8.74. The SMILES string of the molecule is CSc1ccc(C(CN)N2CCCc3ccccc32)cc1. The van der Waals surface area contributed by atoms with Gasteiger partial charge in [-0.15, -0.1) is 11.8 Å². The van der Waals surface area contributed by atoms with Crippen LogP contribution in [0.15, 0.2) is 53.4 Å². The molecule has 0 saturated heterocycles. The van der Waals surface area contributed by atoms with E-state index >= 15 is 0 Å².